The third-order valence-electron chi connectivity index (χ3n) is 4.00. The Morgan fingerprint density at radius 1 is 1.26 bits per heavy atom. The number of carbonyl (C=O) groups is 1. The first-order valence-corrected chi connectivity index (χ1v) is 7.43. The summed E-state index contributed by atoms with van der Waals surface area (Å²) in [6, 6.07) is 0.330. The van der Waals surface area contributed by atoms with Gasteiger partial charge in [0.05, 0.1) is 13.2 Å². The minimum Gasteiger partial charge on any atom is -0.383 e. The molecule has 112 valence electrons. The predicted molar refractivity (Wildman–Crippen MR) is 76.4 cm³/mol. The minimum atomic E-state index is 0.207. The Bertz CT molecular complexity index is 258. The molecule has 0 amide bonds. The Hall–Kier alpha value is -0.450. The van der Waals surface area contributed by atoms with Gasteiger partial charge in [-0.2, -0.15) is 0 Å². The average molecular weight is 271 g/mol. The summed E-state index contributed by atoms with van der Waals surface area (Å²) in [6.07, 6.45) is 5.27. The van der Waals surface area contributed by atoms with E-state index in [1.54, 1.807) is 14.2 Å². The van der Waals surface area contributed by atoms with Gasteiger partial charge in [-0.25, -0.2) is 0 Å². The molecule has 0 aliphatic heterocycles. The van der Waals surface area contributed by atoms with E-state index in [0.717, 1.165) is 32.4 Å². The number of rotatable bonds is 8. The zero-order valence-electron chi connectivity index (χ0n) is 12.7. The van der Waals surface area contributed by atoms with Crippen molar-refractivity contribution >= 4 is 5.78 Å². The lowest BCUT2D eigenvalue weighted by atomic mass is 9.97. The lowest BCUT2D eigenvalue weighted by Gasteiger charge is -2.31. The highest BCUT2D eigenvalue weighted by Gasteiger charge is 2.25. The summed E-state index contributed by atoms with van der Waals surface area (Å²) in [5, 5.41) is 0. The van der Waals surface area contributed by atoms with Crippen LogP contribution in [0.5, 0.6) is 0 Å². The molecule has 1 aliphatic rings. The van der Waals surface area contributed by atoms with E-state index in [1.807, 2.05) is 0 Å². The fraction of sp³-hybridized carbons (Fsp3) is 0.933. The molecule has 1 fully saturated rings. The normalized spacial score (nSPS) is 22.5. The van der Waals surface area contributed by atoms with Crippen LogP contribution in [0.4, 0.5) is 0 Å². The highest BCUT2D eigenvalue weighted by Crippen LogP contribution is 2.21. The van der Waals surface area contributed by atoms with Gasteiger partial charge in [-0.05, 0) is 19.8 Å². The number of hydrogen-bond acceptors (Lipinski definition) is 4. The maximum atomic E-state index is 12.1. The van der Waals surface area contributed by atoms with Gasteiger partial charge in [0.2, 0.25) is 0 Å². The zero-order valence-corrected chi connectivity index (χ0v) is 12.7. The molecule has 0 heterocycles. The van der Waals surface area contributed by atoms with Crippen LogP contribution in [0.2, 0.25) is 0 Å². The molecule has 1 rings (SSSR count). The Morgan fingerprint density at radius 3 is 2.74 bits per heavy atom. The van der Waals surface area contributed by atoms with E-state index in [1.165, 1.54) is 12.8 Å². The van der Waals surface area contributed by atoms with E-state index in [9.17, 15) is 4.79 Å². The molecule has 2 atom stereocenters. The molecule has 0 N–H and O–H groups in total. The number of ether oxygens (including phenoxy) is 2. The number of carbonyl (C=O) groups excluding carboxylic acids is 1. The van der Waals surface area contributed by atoms with Crippen LogP contribution in [-0.2, 0) is 14.3 Å². The molecule has 0 aromatic rings. The van der Waals surface area contributed by atoms with Crippen LogP contribution < -0.4 is 0 Å². The molecule has 0 bridgehead atoms. The summed E-state index contributed by atoms with van der Waals surface area (Å²) < 4.78 is 10.4. The Labute approximate surface area is 117 Å². The van der Waals surface area contributed by atoms with Crippen LogP contribution in [-0.4, -0.2) is 57.2 Å². The lowest BCUT2D eigenvalue weighted by Crippen LogP contribution is -2.43. The highest BCUT2D eigenvalue weighted by molar-refractivity contribution is 5.81. The second kappa shape index (κ2) is 9.45. The molecule has 4 nitrogen and oxygen atoms in total. The van der Waals surface area contributed by atoms with Crippen molar-refractivity contribution in [2.45, 2.75) is 45.1 Å². The molecule has 0 saturated heterocycles. The summed E-state index contributed by atoms with van der Waals surface area (Å²) in [6.45, 7) is 5.28. The fourth-order valence-electron chi connectivity index (χ4n) is 2.75. The van der Waals surface area contributed by atoms with Gasteiger partial charge in [-0.3, -0.25) is 9.69 Å². The van der Waals surface area contributed by atoms with E-state index in [2.05, 4.69) is 11.8 Å². The third-order valence-corrected chi connectivity index (χ3v) is 4.00. The Morgan fingerprint density at radius 2 is 2.05 bits per heavy atom. The summed E-state index contributed by atoms with van der Waals surface area (Å²) >= 11 is 0. The maximum Gasteiger partial charge on any atom is 0.137 e. The summed E-state index contributed by atoms with van der Waals surface area (Å²) in [4.78, 5) is 14.4. The smallest absolute Gasteiger partial charge is 0.137 e. The summed E-state index contributed by atoms with van der Waals surface area (Å²) in [7, 11) is 3.44. The van der Waals surface area contributed by atoms with Gasteiger partial charge in [0.25, 0.3) is 0 Å². The Balaban J connectivity index is 2.55. The first-order valence-electron chi connectivity index (χ1n) is 7.43. The molecular weight excluding hydrogens is 242 g/mol. The maximum absolute atomic E-state index is 12.1. The van der Waals surface area contributed by atoms with Crippen molar-refractivity contribution in [1.29, 1.82) is 0 Å². The van der Waals surface area contributed by atoms with Crippen molar-refractivity contribution in [1.82, 2.24) is 4.90 Å². The zero-order chi connectivity index (χ0) is 14.1. The topological polar surface area (TPSA) is 38.8 Å². The van der Waals surface area contributed by atoms with Crippen LogP contribution >= 0.6 is 0 Å². The van der Waals surface area contributed by atoms with Crippen LogP contribution in [0.25, 0.3) is 0 Å². The van der Waals surface area contributed by atoms with Crippen LogP contribution in [0.3, 0.4) is 0 Å². The first kappa shape index (κ1) is 16.6. The quantitative estimate of drug-likeness (QED) is 0.634. The molecule has 0 radical (unpaired) electrons. The van der Waals surface area contributed by atoms with Crippen molar-refractivity contribution in [3.8, 4) is 0 Å². The van der Waals surface area contributed by atoms with Gasteiger partial charge in [-0.15, -0.1) is 0 Å². The largest absolute Gasteiger partial charge is 0.383 e. The van der Waals surface area contributed by atoms with Crippen LogP contribution in [0, 0.1) is 5.92 Å². The summed E-state index contributed by atoms with van der Waals surface area (Å²) in [5.41, 5.74) is 0. The SMILES string of the molecule is COCCN(CC1CCCCCC1=O)C(C)COC. The molecule has 1 aliphatic carbocycles. The number of Topliss-reactive ketones (excluding diaryl/α,β-unsaturated/α-hetero) is 1. The van der Waals surface area contributed by atoms with E-state index < -0.39 is 0 Å². The molecule has 0 aromatic heterocycles. The number of nitrogens with zero attached hydrogens (tertiary/aromatic N) is 1. The van der Waals surface area contributed by atoms with E-state index in [0.29, 0.717) is 25.0 Å². The molecule has 4 heteroatoms. The first-order chi connectivity index (χ1) is 9.19. The van der Waals surface area contributed by atoms with E-state index in [4.69, 9.17) is 9.47 Å². The monoisotopic (exact) mass is 271 g/mol. The lowest BCUT2D eigenvalue weighted by molar-refractivity contribution is -0.123. The molecule has 2 unspecified atom stereocenters. The van der Waals surface area contributed by atoms with Crippen molar-refractivity contribution < 1.29 is 14.3 Å². The minimum absolute atomic E-state index is 0.207. The Kier molecular flexibility index (Phi) is 8.26. The number of hydrogen-bond donors (Lipinski definition) is 0. The number of ketones is 1. The van der Waals surface area contributed by atoms with Crippen molar-refractivity contribution in [3.05, 3.63) is 0 Å². The number of methoxy groups -OCH3 is 2. The molecule has 1 saturated carbocycles. The molecular formula is C15H29NO3. The fourth-order valence-corrected chi connectivity index (χ4v) is 2.75. The molecule has 19 heavy (non-hydrogen) atoms. The van der Waals surface area contributed by atoms with Crippen LogP contribution in [0.1, 0.15) is 39.0 Å². The van der Waals surface area contributed by atoms with Crippen molar-refractivity contribution in [2.75, 3.05) is 40.5 Å². The standard InChI is InChI=1S/C15H29NO3/c1-13(12-19-3)16(9-10-18-2)11-14-7-5-4-6-8-15(14)17/h13-14H,4-12H2,1-3H3. The second-order valence-electron chi connectivity index (χ2n) is 5.55. The van der Waals surface area contributed by atoms with E-state index >= 15 is 0 Å². The average Bonchev–Trinajstić information content (AvgIpc) is 2.60. The van der Waals surface area contributed by atoms with Gasteiger partial charge < -0.3 is 9.47 Å². The van der Waals surface area contributed by atoms with Gasteiger partial charge in [0.15, 0.2) is 0 Å². The predicted octanol–water partition coefficient (Wildman–Crippen LogP) is 2.12. The van der Waals surface area contributed by atoms with Gasteiger partial charge in [0, 0.05) is 45.7 Å². The van der Waals surface area contributed by atoms with Gasteiger partial charge >= 0.3 is 0 Å². The highest BCUT2D eigenvalue weighted by atomic mass is 16.5. The van der Waals surface area contributed by atoms with Gasteiger partial charge in [0.1, 0.15) is 5.78 Å². The van der Waals surface area contributed by atoms with Crippen molar-refractivity contribution in [2.24, 2.45) is 5.92 Å². The second-order valence-corrected chi connectivity index (χ2v) is 5.55. The van der Waals surface area contributed by atoms with Gasteiger partial charge in [-0.1, -0.05) is 12.8 Å². The van der Waals surface area contributed by atoms with Crippen LogP contribution in [0.15, 0.2) is 0 Å². The summed E-state index contributed by atoms with van der Waals surface area (Å²) in [5.74, 6) is 0.656. The third kappa shape index (κ3) is 6.02. The van der Waals surface area contributed by atoms with Crippen molar-refractivity contribution in [3.63, 3.8) is 0 Å². The molecule has 0 spiro atoms. The molecule has 0 aromatic carbocycles. The van der Waals surface area contributed by atoms with E-state index in [-0.39, 0.29) is 5.92 Å².